The van der Waals surface area contributed by atoms with E-state index in [0.717, 1.165) is 4.47 Å². The highest BCUT2D eigenvalue weighted by Crippen LogP contribution is 2.26. The fraction of sp³-hybridized carbons (Fsp3) is 0.182. The average Bonchev–Trinajstić information content (AvgIpc) is 2.07. The third-order valence-electron chi connectivity index (χ3n) is 2.17. The van der Waals surface area contributed by atoms with Crippen LogP contribution in [0.1, 0.15) is 11.1 Å². The second-order valence-electron chi connectivity index (χ2n) is 3.30. The van der Waals surface area contributed by atoms with Crippen LogP contribution in [0, 0.1) is 13.8 Å². The summed E-state index contributed by atoms with van der Waals surface area (Å²) in [4.78, 5) is 4.17. The standard InChI is InChI=1S/C11H10BrN/c1-7-3-9-8(2)5-13-6-10(9)11(12)4-7/h3-6H,1-2H3. The van der Waals surface area contributed by atoms with Gasteiger partial charge >= 0.3 is 0 Å². The van der Waals surface area contributed by atoms with E-state index in [1.165, 1.54) is 21.9 Å². The number of halogens is 1. The van der Waals surface area contributed by atoms with Crippen molar-refractivity contribution in [2.45, 2.75) is 13.8 Å². The molecule has 0 saturated carbocycles. The van der Waals surface area contributed by atoms with E-state index >= 15 is 0 Å². The van der Waals surface area contributed by atoms with E-state index in [1.807, 2.05) is 12.4 Å². The highest BCUT2D eigenvalue weighted by Gasteiger charge is 2.01. The maximum Gasteiger partial charge on any atom is 0.0357 e. The molecule has 0 N–H and O–H groups in total. The quantitative estimate of drug-likeness (QED) is 0.680. The molecule has 1 nitrogen and oxygen atoms in total. The van der Waals surface area contributed by atoms with Crippen LogP contribution in [-0.4, -0.2) is 4.98 Å². The van der Waals surface area contributed by atoms with Crippen LogP contribution in [0.3, 0.4) is 0 Å². The molecule has 1 heterocycles. The summed E-state index contributed by atoms with van der Waals surface area (Å²) in [6.07, 6.45) is 3.79. The van der Waals surface area contributed by atoms with E-state index in [1.54, 1.807) is 0 Å². The maximum atomic E-state index is 4.17. The van der Waals surface area contributed by atoms with Gasteiger partial charge in [-0.25, -0.2) is 0 Å². The zero-order valence-corrected chi connectivity index (χ0v) is 9.22. The summed E-state index contributed by atoms with van der Waals surface area (Å²) in [5.74, 6) is 0. The molecular formula is C11H10BrN. The van der Waals surface area contributed by atoms with Crippen molar-refractivity contribution >= 4 is 26.7 Å². The van der Waals surface area contributed by atoms with Crippen LogP contribution in [0.25, 0.3) is 10.8 Å². The van der Waals surface area contributed by atoms with Crippen LogP contribution in [0.4, 0.5) is 0 Å². The van der Waals surface area contributed by atoms with Gasteiger partial charge in [0.05, 0.1) is 0 Å². The minimum atomic E-state index is 1.12. The molecule has 1 aromatic carbocycles. The molecule has 0 saturated heterocycles. The fourth-order valence-electron chi connectivity index (χ4n) is 1.50. The highest BCUT2D eigenvalue weighted by atomic mass is 79.9. The van der Waals surface area contributed by atoms with E-state index in [9.17, 15) is 0 Å². The van der Waals surface area contributed by atoms with E-state index in [2.05, 4.69) is 46.9 Å². The molecule has 0 aliphatic rings. The highest BCUT2D eigenvalue weighted by molar-refractivity contribution is 9.10. The lowest BCUT2D eigenvalue weighted by molar-refractivity contribution is 1.30. The van der Waals surface area contributed by atoms with Gasteiger partial charge in [-0.1, -0.05) is 22.0 Å². The van der Waals surface area contributed by atoms with Crippen LogP contribution in [0.15, 0.2) is 29.0 Å². The Labute approximate surface area is 85.9 Å². The summed E-state index contributed by atoms with van der Waals surface area (Å²) in [7, 11) is 0. The second kappa shape index (κ2) is 3.11. The molecule has 0 aliphatic carbocycles. The third-order valence-corrected chi connectivity index (χ3v) is 2.83. The molecule has 0 bridgehead atoms. The maximum absolute atomic E-state index is 4.17. The Morgan fingerprint density at radius 3 is 2.62 bits per heavy atom. The van der Waals surface area contributed by atoms with Crippen LogP contribution < -0.4 is 0 Å². The minimum Gasteiger partial charge on any atom is -0.264 e. The molecule has 2 heteroatoms. The molecule has 0 fully saturated rings. The van der Waals surface area contributed by atoms with Gasteiger partial charge < -0.3 is 0 Å². The van der Waals surface area contributed by atoms with Crippen molar-refractivity contribution in [2.24, 2.45) is 0 Å². The number of aromatic nitrogens is 1. The second-order valence-corrected chi connectivity index (χ2v) is 4.15. The number of fused-ring (bicyclic) bond motifs is 1. The van der Waals surface area contributed by atoms with Gasteiger partial charge in [-0.3, -0.25) is 4.98 Å². The zero-order chi connectivity index (χ0) is 9.42. The number of rotatable bonds is 0. The molecule has 0 atom stereocenters. The number of nitrogens with zero attached hydrogens (tertiary/aromatic N) is 1. The van der Waals surface area contributed by atoms with Crippen molar-refractivity contribution in [3.05, 3.63) is 40.1 Å². The monoisotopic (exact) mass is 235 g/mol. The first kappa shape index (κ1) is 8.70. The van der Waals surface area contributed by atoms with Crippen LogP contribution in [0.2, 0.25) is 0 Å². The smallest absolute Gasteiger partial charge is 0.0357 e. The topological polar surface area (TPSA) is 12.9 Å². The first-order chi connectivity index (χ1) is 6.18. The predicted octanol–water partition coefficient (Wildman–Crippen LogP) is 3.61. The van der Waals surface area contributed by atoms with Crippen molar-refractivity contribution in [1.82, 2.24) is 4.98 Å². The molecule has 0 amide bonds. The summed E-state index contributed by atoms with van der Waals surface area (Å²) in [5, 5.41) is 2.47. The van der Waals surface area contributed by atoms with E-state index in [4.69, 9.17) is 0 Å². The van der Waals surface area contributed by atoms with Gasteiger partial charge in [0, 0.05) is 22.3 Å². The van der Waals surface area contributed by atoms with Crippen molar-refractivity contribution in [3.8, 4) is 0 Å². The van der Waals surface area contributed by atoms with E-state index < -0.39 is 0 Å². The predicted molar refractivity (Wildman–Crippen MR) is 58.9 cm³/mol. The fourth-order valence-corrected chi connectivity index (χ4v) is 2.18. The first-order valence-corrected chi connectivity index (χ1v) is 4.98. The van der Waals surface area contributed by atoms with Crippen LogP contribution >= 0.6 is 15.9 Å². The van der Waals surface area contributed by atoms with Gasteiger partial charge in [-0.15, -0.1) is 0 Å². The van der Waals surface area contributed by atoms with Gasteiger partial charge in [0.25, 0.3) is 0 Å². The normalized spacial score (nSPS) is 10.7. The summed E-state index contributed by atoms with van der Waals surface area (Å²) in [5.41, 5.74) is 2.50. The lowest BCUT2D eigenvalue weighted by atomic mass is 10.1. The Kier molecular flexibility index (Phi) is 2.08. The Bertz CT molecular complexity index is 463. The number of pyridine rings is 1. The molecular weight excluding hydrogens is 226 g/mol. The van der Waals surface area contributed by atoms with Gasteiger partial charge in [-0.05, 0) is 36.4 Å². The molecule has 0 spiro atoms. The zero-order valence-electron chi connectivity index (χ0n) is 7.63. The van der Waals surface area contributed by atoms with Crippen LogP contribution in [-0.2, 0) is 0 Å². The minimum absolute atomic E-state index is 1.12. The van der Waals surface area contributed by atoms with Crippen LogP contribution in [0.5, 0.6) is 0 Å². The average molecular weight is 236 g/mol. The molecule has 0 aliphatic heterocycles. The van der Waals surface area contributed by atoms with E-state index in [0.29, 0.717) is 0 Å². The molecule has 0 radical (unpaired) electrons. The Morgan fingerprint density at radius 2 is 1.85 bits per heavy atom. The first-order valence-electron chi connectivity index (χ1n) is 4.19. The number of hydrogen-bond acceptors (Lipinski definition) is 1. The molecule has 1 aromatic heterocycles. The number of hydrogen-bond donors (Lipinski definition) is 0. The van der Waals surface area contributed by atoms with Crippen molar-refractivity contribution in [2.75, 3.05) is 0 Å². The Balaban J connectivity index is 2.94. The summed E-state index contributed by atoms with van der Waals surface area (Å²) < 4.78 is 1.12. The summed E-state index contributed by atoms with van der Waals surface area (Å²) in [6, 6.07) is 4.31. The SMILES string of the molecule is Cc1cc(Br)c2cncc(C)c2c1. The third kappa shape index (κ3) is 1.46. The lowest BCUT2D eigenvalue weighted by Crippen LogP contribution is -1.84. The van der Waals surface area contributed by atoms with Gasteiger partial charge in [0.1, 0.15) is 0 Å². The van der Waals surface area contributed by atoms with Crippen molar-refractivity contribution in [3.63, 3.8) is 0 Å². The summed E-state index contributed by atoms with van der Waals surface area (Å²) in [6.45, 7) is 4.19. The largest absolute Gasteiger partial charge is 0.264 e. The molecule has 66 valence electrons. The lowest BCUT2D eigenvalue weighted by Gasteiger charge is -2.04. The van der Waals surface area contributed by atoms with E-state index in [-0.39, 0.29) is 0 Å². The van der Waals surface area contributed by atoms with Gasteiger partial charge in [0.15, 0.2) is 0 Å². The molecule has 2 rings (SSSR count). The Morgan fingerprint density at radius 1 is 1.08 bits per heavy atom. The summed E-state index contributed by atoms with van der Waals surface area (Å²) >= 11 is 3.54. The number of aryl methyl sites for hydroxylation is 2. The van der Waals surface area contributed by atoms with Crippen molar-refractivity contribution < 1.29 is 0 Å². The molecule has 2 aromatic rings. The van der Waals surface area contributed by atoms with Crippen molar-refractivity contribution in [1.29, 1.82) is 0 Å². The number of benzene rings is 1. The Hall–Kier alpha value is -0.890. The van der Waals surface area contributed by atoms with Gasteiger partial charge in [0.2, 0.25) is 0 Å². The molecule has 0 unspecified atom stereocenters. The van der Waals surface area contributed by atoms with Gasteiger partial charge in [-0.2, -0.15) is 0 Å². The molecule has 13 heavy (non-hydrogen) atoms.